The molecule has 3 amide bonds. The van der Waals surface area contributed by atoms with E-state index < -0.39 is 46.4 Å². The highest BCUT2D eigenvalue weighted by molar-refractivity contribution is 7.89. The number of sulfonamides is 1. The quantitative estimate of drug-likeness (QED) is 0.456. The van der Waals surface area contributed by atoms with E-state index in [0.717, 1.165) is 24.2 Å². The van der Waals surface area contributed by atoms with Crippen LogP contribution in [0.3, 0.4) is 0 Å². The molecular weight excluding hydrogens is 474 g/mol. The van der Waals surface area contributed by atoms with Crippen LogP contribution in [-0.4, -0.2) is 67.1 Å². The maximum atomic E-state index is 12.9. The van der Waals surface area contributed by atoms with E-state index in [2.05, 4.69) is 5.32 Å². The minimum atomic E-state index is -3.67. The fourth-order valence-electron chi connectivity index (χ4n) is 4.11. The highest BCUT2D eigenvalue weighted by Crippen LogP contribution is 2.25. The Morgan fingerprint density at radius 1 is 0.971 bits per heavy atom. The predicted molar refractivity (Wildman–Crippen MR) is 125 cm³/mol. The number of hydrogen-bond donors (Lipinski definition) is 1. The van der Waals surface area contributed by atoms with Crippen LogP contribution in [0.4, 0.5) is 5.69 Å². The number of piperidine rings is 1. The zero-order valence-corrected chi connectivity index (χ0v) is 19.9. The van der Waals surface area contributed by atoms with E-state index in [9.17, 15) is 27.6 Å². The van der Waals surface area contributed by atoms with Crippen LogP contribution in [0.5, 0.6) is 0 Å². The molecule has 0 aromatic heterocycles. The lowest BCUT2D eigenvalue weighted by Crippen LogP contribution is -2.44. The summed E-state index contributed by atoms with van der Waals surface area (Å²) in [6.45, 7) is 1.59. The van der Waals surface area contributed by atoms with Gasteiger partial charge >= 0.3 is 5.97 Å². The molecule has 2 aromatic rings. The summed E-state index contributed by atoms with van der Waals surface area (Å²) in [6.07, 6.45) is 2.60. The van der Waals surface area contributed by atoms with Crippen molar-refractivity contribution < 1.29 is 32.3 Å². The van der Waals surface area contributed by atoms with Crippen molar-refractivity contribution in [1.29, 1.82) is 0 Å². The van der Waals surface area contributed by atoms with Crippen LogP contribution >= 0.6 is 0 Å². The van der Waals surface area contributed by atoms with E-state index in [-0.39, 0.29) is 21.7 Å². The summed E-state index contributed by atoms with van der Waals surface area (Å²) in [5.74, 6) is -2.83. The van der Waals surface area contributed by atoms with Gasteiger partial charge in [0.25, 0.3) is 17.7 Å². The van der Waals surface area contributed by atoms with Gasteiger partial charge in [-0.05, 0) is 50.1 Å². The molecule has 35 heavy (non-hydrogen) atoms. The van der Waals surface area contributed by atoms with E-state index in [1.54, 1.807) is 12.1 Å². The van der Waals surface area contributed by atoms with Crippen LogP contribution in [0.15, 0.2) is 53.4 Å². The summed E-state index contributed by atoms with van der Waals surface area (Å²) in [5.41, 5.74) is 0.640. The van der Waals surface area contributed by atoms with Crippen molar-refractivity contribution in [2.75, 3.05) is 25.0 Å². The molecule has 4 rings (SSSR count). The predicted octanol–water partition coefficient (Wildman–Crippen LogP) is 2.03. The minimum absolute atomic E-state index is 0.0634. The van der Waals surface area contributed by atoms with E-state index in [1.807, 2.05) is 0 Å². The van der Waals surface area contributed by atoms with Gasteiger partial charge in [0, 0.05) is 18.8 Å². The minimum Gasteiger partial charge on any atom is -0.454 e. The zero-order valence-electron chi connectivity index (χ0n) is 19.1. The first kappa shape index (κ1) is 24.6. The normalized spacial score (nSPS) is 17.1. The Kier molecular flexibility index (Phi) is 6.99. The third-order valence-corrected chi connectivity index (χ3v) is 7.86. The molecule has 1 N–H and O–H groups in total. The standard InChI is InChI=1S/C24H25N3O7S/c1-16(27-22(29)19-10-3-4-11-20(19)23(27)30)24(31)34-15-21(28)25-17-8-7-9-18(14-17)35(32,33)26-12-5-2-6-13-26/h3-4,7-11,14,16H,2,5-6,12-13,15H2,1H3,(H,25,28)/t16-/m1/s1. The number of imide groups is 1. The summed E-state index contributed by atoms with van der Waals surface area (Å²) in [4.78, 5) is 50.7. The molecule has 1 saturated heterocycles. The summed E-state index contributed by atoms with van der Waals surface area (Å²) in [5, 5.41) is 2.51. The second-order valence-corrected chi connectivity index (χ2v) is 10.3. The molecular formula is C24H25N3O7S. The van der Waals surface area contributed by atoms with Crippen molar-refractivity contribution in [2.45, 2.75) is 37.1 Å². The van der Waals surface area contributed by atoms with E-state index in [1.165, 1.54) is 47.6 Å². The molecule has 11 heteroatoms. The Morgan fingerprint density at radius 2 is 1.60 bits per heavy atom. The van der Waals surface area contributed by atoms with Crippen LogP contribution in [0, 0.1) is 0 Å². The van der Waals surface area contributed by atoms with Gasteiger partial charge in [-0.2, -0.15) is 4.31 Å². The highest BCUT2D eigenvalue weighted by Gasteiger charge is 2.41. The lowest BCUT2D eigenvalue weighted by molar-refractivity contribution is -0.150. The molecule has 0 saturated carbocycles. The van der Waals surface area contributed by atoms with Gasteiger partial charge in [-0.15, -0.1) is 0 Å². The van der Waals surface area contributed by atoms with Crippen molar-refractivity contribution in [1.82, 2.24) is 9.21 Å². The van der Waals surface area contributed by atoms with Gasteiger partial charge in [0.1, 0.15) is 6.04 Å². The monoisotopic (exact) mass is 499 g/mol. The Morgan fingerprint density at radius 3 is 2.23 bits per heavy atom. The molecule has 184 valence electrons. The fourth-order valence-corrected chi connectivity index (χ4v) is 5.67. The molecule has 10 nitrogen and oxygen atoms in total. The van der Waals surface area contributed by atoms with Crippen molar-refractivity contribution in [3.8, 4) is 0 Å². The summed E-state index contributed by atoms with van der Waals surface area (Å²) >= 11 is 0. The van der Waals surface area contributed by atoms with Gasteiger partial charge in [-0.25, -0.2) is 13.2 Å². The van der Waals surface area contributed by atoms with Crippen LogP contribution in [0.1, 0.15) is 46.9 Å². The van der Waals surface area contributed by atoms with Crippen molar-refractivity contribution in [3.63, 3.8) is 0 Å². The number of ether oxygens (including phenoxy) is 1. The number of fused-ring (bicyclic) bond motifs is 1. The molecule has 0 spiro atoms. The molecule has 1 atom stereocenters. The number of amides is 3. The number of anilines is 1. The lowest BCUT2D eigenvalue weighted by atomic mass is 10.1. The number of benzene rings is 2. The van der Waals surface area contributed by atoms with E-state index >= 15 is 0 Å². The fraction of sp³-hybridized carbons (Fsp3) is 0.333. The second kappa shape index (κ2) is 9.96. The van der Waals surface area contributed by atoms with Gasteiger partial charge < -0.3 is 10.1 Å². The largest absolute Gasteiger partial charge is 0.454 e. The Hall–Kier alpha value is -3.57. The first-order valence-corrected chi connectivity index (χ1v) is 12.7. The molecule has 2 heterocycles. The number of nitrogens with zero attached hydrogens (tertiary/aromatic N) is 2. The Bertz CT molecular complexity index is 1250. The van der Waals surface area contributed by atoms with Crippen LogP contribution in [0.25, 0.3) is 0 Å². The number of nitrogens with one attached hydrogen (secondary N) is 1. The van der Waals surface area contributed by atoms with Crippen molar-refractivity contribution >= 4 is 39.4 Å². The zero-order chi connectivity index (χ0) is 25.2. The maximum Gasteiger partial charge on any atom is 0.329 e. The van der Waals surface area contributed by atoms with Crippen LogP contribution in [0.2, 0.25) is 0 Å². The number of carbonyl (C=O) groups excluding carboxylic acids is 4. The lowest BCUT2D eigenvalue weighted by Gasteiger charge is -2.26. The Labute approximate surface area is 202 Å². The number of rotatable bonds is 7. The third-order valence-electron chi connectivity index (χ3n) is 5.97. The third kappa shape index (κ3) is 4.96. The molecule has 2 aliphatic rings. The SMILES string of the molecule is C[C@H](C(=O)OCC(=O)Nc1cccc(S(=O)(=O)N2CCCCC2)c1)N1C(=O)c2ccccc2C1=O. The number of hydrogen-bond acceptors (Lipinski definition) is 7. The summed E-state index contributed by atoms with van der Waals surface area (Å²) in [7, 11) is -3.67. The molecule has 2 aliphatic heterocycles. The van der Waals surface area contributed by atoms with Gasteiger partial charge in [0.05, 0.1) is 16.0 Å². The number of carbonyl (C=O) groups is 4. The molecule has 0 radical (unpaired) electrons. The smallest absolute Gasteiger partial charge is 0.329 e. The topological polar surface area (TPSA) is 130 Å². The molecule has 0 unspecified atom stereocenters. The van der Waals surface area contributed by atoms with Gasteiger partial charge in [0.15, 0.2) is 6.61 Å². The average molecular weight is 500 g/mol. The van der Waals surface area contributed by atoms with Gasteiger partial charge in [-0.1, -0.05) is 24.6 Å². The van der Waals surface area contributed by atoms with Crippen molar-refractivity contribution in [2.24, 2.45) is 0 Å². The second-order valence-electron chi connectivity index (χ2n) is 8.35. The van der Waals surface area contributed by atoms with E-state index in [0.29, 0.717) is 13.1 Å². The molecule has 0 aliphatic carbocycles. The highest BCUT2D eigenvalue weighted by atomic mass is 32.2. The molecule has 0 bridgehead atoms. The molecule has 2 aromatic carbocycles. The molecule has 1 fully saturated rings. The van der Waals surface area contributed by atoms with Crippen molar-refractivity contribution in [3.05, 3.63) is 59.7 Å². The van der Waals surface area contributed by atoms with Crippen LogP contribution < -0.4 is 5.32 Å². The summed E-state index contributed by atoms with van der Waals surface area (Å²) < 4.78 is 32.2. The number of esters is 1. The average Bonchev–Trinajstić information content (AvgIpc) is 3.12. The summed E-state index contributed by atoms with van der Waals surface area (Å²) in [6, 6.07) is 10.9. The first-order valence-electron chi connectivity index (χ1n) is 11.2. The first-order chi connectivity index (χ1) is 16.7. The van der Waals surface area contributed by atoms with E-state index in [4.69, 9.17) is 4.74 Å². The Balaban J connectivity index is 1.35. The van der Waals surface area contributed by atoms with Gasteiger partial charge in [0.2, 0.25) is 10.0 Å². The van der Waals surface area contributed by atoms with Crippen LogP contribution in [-0.2, 0) is 24.3 Å². The van der Waals surface area contributed by atoms with Gasteiger partial charge in [-0.3, -0.25) is 19.3 Å². The maximum absolute atomic E-state index is 12.9.